The van der Waals surface area contributed by atoms with Gasteiger partial charge in [-0.3, -0.25) is 24.7 Å². The topological polar surface area (TPSA) is 73.2 Å². The van der Waals surface area contributed by atoms with Gasteiger partial charge in [0.15, 0.2) is 0 Å². The van der Waals surface area contributed by atoms with Crippen LogP contribution < -0.4 is 0 Å². The third-order valence-corrected chi connectivity index (χ3v) is 7.11. The number of amides is 1. The van der Waals surface area contributed by atoms with Crippen LogP contribution in [-0.2, 0) is 17.8 Å². The van der Waals surface area contributed by atoms with Gasteiger partial charge in [-0.2, -0.15) is 0 Å². The van der Waals surface area contributed by atoms with Gasteiger partial charge in [-0.1, -0.05) is 41.9 Å². The number of halogens is 1. The lowest BCUT2D eigenvalue weighted by Gasteiger charge is -2.38. The summed E-state index contributed by atoms with van der Waals surface area (Å²) >= 11 is 6.25. The molecule has 34 heavy (non-hydrogen) atoms. The van der Waals surface area contributed by atoms with Crippen LogP contribution >= 0.6 is 11.6 Å². The van der Waals surface area contributed by atoms with Crippen LogP contribution in [0.25, 0.3) is 0 Å². The largest absolute Gasteiger partial charge is 0.339 e. The number of piperazine rings is 2. The molecule has 9 heteroatoms. The number of non-ortho nitro benzene ring substituents is 1. The molecule has 0 N–H and O–H groups in total. The second-order valence-corrected chi connectivity index (χ2v) is 9.45. The highest BCUT2D eigenvalue weighted by molar-refractivity contribution is 6.31. The summed E-state index contributed by atoms with van der Waals surface area (Å²) < 4.78 is 0. The van der Waals surface area contributed by atoms with Gasteiger partial charge in [-0.15, -0.1) is 0 Å². The average molecular weight is 486 g/mol. The van der Waals surface area contributed by atoms with Crippen LogP contribution in [0, 0.1) is 10.1 Å². The van der Waals surface area contributed by atoms with Crippen LogP contribution in [0.1, 0.15) is 11.1 Å². The summed E-state index contributed by atoms with van der Waals surface area (Å²) in [5.74, 6) is 0.186. The SMILES string of the molecule is O=C(CN1CCN(CCc2ccccc2)CC1)N1CCN(Cc2cc([N+](=O)[O-])ccc2Cl)CC1. The molecular weight excluding hydrogens is 454 g/mol. The molecular formula is C25H32ClN5O3. The van der Waals surface area contributed by atoms with Gasteiger partial charge >= 0.3 is 0 Å². The van der Waals surface area contributed by atoms with E-state index in [9.17, 15) is 14.9 Å². The Kier molecular flexibility index (Phi) is 8.50. The number of nitro groups is 1. The lowest BCUT2D eigenvalue weighted by Crippen LogP contribution is -2.53. The van der Waals surface area contributed by atoms with E-state index in [0.717, 1.165) is 57.8 Å². The number of benzene rings is 2. The van der Waals surface area contributed by atoms with Gasteiger partial charge in [0, 0.05) is 82.6 Å². The molecule has 8 nitrogen and oxygen atoms in total. The zero-order chi connectivity index (χ0) is 23.9. The molecule has 2 aliphatic heterocycles. The zero-order valence-electron chi connectivity index (χ0n) is 19.4. The molecule has 2 heterocycles. The van der Waals surface area contributed by atoms with Crippen molar-refractivity contribution in [3.63, 3.8) is 0 Å². The predicted molar refractivity (Wildman–Crippen MR) is 133 cm³/mol. The molecule has 0 saturated carbocycles. The van der Waals surface area contributed by atoms with Crippen molar-refractivity contribution < 1.29 is 9.72 Å². The lowest BCUT2D eigenvalue weighted by atomic mass is 10.1. The smallest absolute Gasteiger partial charge is 0.269 e. The summed E-state index contributed by atoms with van der Waals surface area (Å²) in [7, 11) is 0. The predicted octanol–water partition coefficient (Wildman–Crippen LogP) is 2.75. The molecule has 0 bridgehead atoms. The molecule has 2 saturated heterocycles. The lowest BCUT2D eigenvalue weighted by molar-refractivity contribution is -0.384. The summed E-state index contributed by atoms with van der Waals surface area (Å²) in [6.07, 6.45) is 1.06. The molecule has 2 aromatic rings. The van der Waals surface area contributed by atoms with Crippen LogP contribution in [-0.4, -0.2) is 95.9 Å². The van der Waals surface area contributed by atoms with Gasteiger partial charge in [-0.05, 0) is 23.6 Å². The Balaban J connectivity index is 1.17. The Morgan fingerprint density at radius 1 is 0.882 bits per heavy atom. The molecule has 0 radical (unpaired) electrons. The second kappa shape index (κ2) is 11.8. The van der Waals surface area contributed by atoms with Crippen LogP contribution in [0.4, 0.5) is 5.69 Å². The van der Waals surface area contributed by atoms with E-state index in [4.69, 9.17) is 11.6 Å². The van der Waals surface area contributed by atoms with E-state index in [-0.39, 0.29) is 11.6 Å². The standard InChI is InChI=1S/C25H32ClN5O3/c26-24-7-6-23(31(33)34)18-22(24)19-28-14-16-30(17-15-28)25(32)20-29-12-10-27(11-13-29)9-8-21-4-2-1-3-5-21/h1-7,18H,8-17,19-20H2. The molecule has 2 fully saturated rings. The quantitative estimate of drug-likeness (QED) is 0.423. The summed E-state index contributed by atoms with van der Waals surface area (Å²) in [6, 6.07) is 15.1. The van der Waals surface area contributed by atoms with Crippen molar-refractivity contribution >= 4 is 23.2 Å². The van der Waals surface area contributed by atoms with Crippen molar-refractivity contribution in [2.75, 3.05) is 65.4 Å². The first-order valence-corrected chi connectivity index (χ1v) is 12.3. The third kappa shape index (κ3) is 6.76. The van der Waals surface area contributed by atoms with Crippen molar-refractivity contribution in [1.29, 1.82) is 0 Å². The second-order valence-electron chi connectivity index (χ2n) is 9.04. The summed E-state index contributed by atoms with van der Waals surface area (Å²) in [5.41, 5.74) is 2.17. The number of rotatable bonds is 8. The fourth-order valence-corrected chi connectivity index (χ4v) is 4.76. The van der Waals surface area contributed by atoms with Crippen molar-refractivity contribution in [3.8, 4) is 0 Å². The number of hydrogen-bond donors (Lipinski definition) is 0. The molecule has 0 atom stereocenters. The van der Waals surface area contributed by atoms with Gasteiger partial charge in [0.25, 0.3) is 5.69 Å². The normalized spacial score (nSPS) is 18.2. The van der Waals surface area contributed by atoms with Gasteiger partial charge in [-0.25, -0.2) is 0 Å². The van der Waals surface area contributed by atoms with Crippen LogP contribution in [0.15, 0.2) is 48.5 Å². The highest BCUT2D eigenvalue weighted by atomic mass is 35.5. The molecule has 0 aliphatic carbocycles. The Morgan fingerprint density at radius 3 is 2.21 bits per heavy atom. The minimum atomic E-state index is -0.403. The fourth-order valence-electron chi connectivity index (χ4n) is 4.59. The average Bonchev–Trinajstić information content (AvgIpc) is 2.86. The van der Waals surface area contributed by atoms with Gasteiger partial charge in [0.1, 0.15) is 0 Å². The molecule has 1 amide bonds. The minimum Gasteiger partial charge on any atom is -0.339 e. The van der Waals surface area contributed by atoms with Crippen molar-refractivity contribution in [2.45, 2.75) is 13.0 Å². The summed E-state index contributed by atoms with van der Waals surface area (Å²) in [4.78, 5) is 32.4. The third-order valence-electron chi connectivity index (χ3n) is 6.74. The summed E-state index contributed by atoms with van der Waals surface area (Å²) in [6.45, 7) is 8.73. The Morgan fingerprint density at radius 2 is 1.53 bits per heavy atom. The Labute approximate surface area is 205 Å². The van der Waals surface area contributed by atoms with Crippen LogP contribution in [0.5, 0.6) is 0 Å². The van der Waals surface area contributed by atoms with Crippen molar-refractivity contribution in [2.24, 2.45) is 0 Å². The molecule has 0 unspecified atom stereocenters. The monoisotopic (exact) mass is 485 g/mol. The Hall–Kier alpha value is -2.52. The highest BCUT2D eigenvalue weighted by Gasteiger charge is 2.25. The maximum absolute atomic E-state index is 12.9. The molecule has 2 aliphatic rings. The highest BCUT2D eigenvalue weighted by Crippen LogP contribution is 2.24. The van der Waals surface area contributed by atoms with Crippen molar-refractivity contribution in [1.82, 2.24) is 19.6 Å². The van der Waals surface area contributed by atoms with Gasteiger partial charge < -0.3 is 9.80 Å². The number of nitro benzene ring substituents is 1. The first-order chi connectivity index (χ1) is 16.5. The van der Waals surface area contributed by atoms with E-state index < -0.39 is 4.92 Å². The van der Waals surface area contributed by atoms with E-state index in [1.807, 2.05) is 11.0 Å². The molecule has 4 rings (SSSR count). The summed E-state index contributed by atoms with van der Waals surface area (Å²) in [5, 5.41) is 11.6. The van der Waals surface area contributed by atoms with E-state index >= 15 is 0 Å². The minimum absolute atomic E-state index is 0.0494. The first-order valence-electron chi connectivity index (χ1n) is 11.9. The van der Waals surface area contributed by atoms with Crippen LogP contribution in [0.2, 0.25) is 5.02 Å². The molecule has 0 spiro atoms. The zero-order valence-corrected chi connectivity index (χ0v) is 20.2. The molecule has 2 aromatic carbocycles. The van der Waals surface area contributed by atoms with E-state index in [0.29, 0.717) is 31.2 Å². The number of nitrogens with zero attached hydrogens (tertiary/aromatic N) is 5. The van der Waals surface area contributed by atoms with Crippen LogP contribution in [0.3, 0.4) is 0 Å². The number of carbonyl (C=O) groups excluding carboxylic acids is 1. The maximum atomic E-state index is 12.9. The fraction of sp³-hybridized carbons (Fsp3) is 0.480. The maximum Gasteiger partial charge on any atom is 0.269 e. The number of carbonyl (C=O) groups is 1. The van der Waals surface area contributed by atoms with E-state index in [2.05, 4.69) is 39.0 Å². The van der Waals surface area contributed by atoms with E-state index in [1.54, 1.807) is 12.1 Å². The van der Waals surface area contributed by atoms with E-state index in [1.165, 1.54) is 11.6 Å². The molecule has 0 aromatic heterocycles. The van der Waals surface area contributed by atoms with Gasteiger partial charge in [0.05, 0.1) is 11.5 Å². The van der Waals surface area contributed by atoms with Crippen molar-refractivity contribution in [3.05, 3.63) is 74.8 Å². The Bertz CT molecular complexity index is 974. The molecule has 182 valence electrons. The van der Waals surface area contributed by atoms with Gasteiger partial charge in [0.2, 0.25) is 5.91 Å². The first kappa shape index (κ1) is 24.6. The number of hydrogen-bond acceptors (Lipinski definition) is 6.